The van der Waals surface area contributed by atoms with E-state index in [0.717, 1.165) is 12.8 Å². The van der Waals surface area contributed by atoms with Gasteiger partial charge in [-0.25, -0.2) is 8.42 Å². The molecule has 0 aromatic heterocycles. The van der Waals surface area contributed by atoms with Gasteiger partial charge in [0.2, 0.25) is 5.91 Å². The van der Waals surface area contributed by atoms with Crippen LogP contribution in [0.5, 0.6) is 0 Å². The maximum Gasteiger partial charge on any atom is 0.238 e. The average Bonchev–Trinajstić information content (AvgIpc) is 2.92. The van der Waals surface area contributed by atoms with E-state index < -0.39 is 9.84 Å². The third-order valence-electron chi connectivity index (χ3n) is 2.94. The van der Waals surface area contributed by atoms with Crippen molar-refractivity contribution in [3.63, 3.8) is 0 Å². The highest BCUT2D eigenvalue weighted by molar-refractivity contribution is 7.91. The quantitative estimate of drug-likeness (QED) is 0.683. The van der Waals surface area contributed by atoms with Crippen molar-refractivity contribution in [1.82, 2.24) is 4.90 Å². The van der Waals surface area contributed by atoms with Crippen molar-refractivity contribution in [3.05, 3.63) is 0 Å². The van der Waals surface area contributed by atoms with Gasteiger partial charge >= 0.3 is 0 Å². The number of halogens is 1. The molecule has 6 heteroatoms. The zero-order chi connectivity index (χ0) is 11.1. The van der Waals surface area contributed by atoms with Crippen LogP contribution in [0.25, 0.3) is 0 Å². The van der Waals surface area contributed by atoms with Crippen LogP contribution in [0.15, 0.2) is 0 Å². The Morgan fingerprint density at radius 3 is 2.33 bits per heavy atom. The molecule has 2 aliphatic rings. The largest absolute Gasteiger partial charge is 0.335 e. The number of amides is 1. The van der Waals surface area contributed by atoms with Crippen LogP contribution in [0.4, 0.5) is 0 Å². The van der Waals surface area contributed by atoms with E-state index in [0.29, 0.717) is 6.42 Å². The Morgan fingerprint density at radius 2 is 1.93 bits per heavy atom. The fraction of sp³-hybridized carbons (Fsp3) is 0.889. The molecule has 1 aliphatic carbocycles. The number of carbonyl (C=O) groups is 1. The van der Waals surface area contributed by atoms with Gasteiger partial charge in [-0.05, 0) is 19.3 Å². The molecule has 1 heterocycles. The second-order valence-electron chi connectivity index (χ2n) is 4.22. The van der Waals surface area contributed by atoms with Gasteiger partial charge in [-0.3, -0.25) is 4.79 Å². The lowest BCUT2D eigenvalue weighted by molar-refractivity contribution is -0.130. The molecule has 0 spiro atoms. The van der Waals surface area contributed by atoms with Crippen molar-refractivity contribution in [1.29, 1.82) is 0 Å². The summed E-state index contributed by atoms with van der Waals surface area (Å²) in [5, 5.41) is 0. The molecule has 4 nitrogen and oxygen atoms in total. The van der Waals surface area contributed by atoms with E-state index in [1.165, 1.54) is 0 Å². The normalized spacial score (nSPS) is 29.0. The van der Waals surface area contributed by atoms with Gasteiger partial charge in [0.25, 0.3) is 0 Å². The lowest BCUT2D eigenvalue weighted by Crippen LogP contribution is -2.43. The van der Waals surface area contributed by atoms with Crippen molar-refractivity contribution < 1.29 is 13.2 Å². The topological polar surface area (TPSA) is 54.5 Å². The van der Waals surface area contributed by atoms with Crippen molar-refractivity contribution in [3.8, 4) is 0 Å². The van der Waals surface area contributed by atoms with Crippen LogP contribution in [0.3, 0.4) is 0 Å². The Bertz CT molecular complexity index is 364. The number of hydrogen-bond donors (Lipinski definition) is 0. The van der Waals surface area contributed by atoms with E-state index in [9.17, 15) is 13.2 Å². The van der Waals surface area contributed by atoms with Crippen LogP contribution >= 0.6 is 11.6 Å². The van der Waals surface area contributed by atoms with Gasteiger partial charge in [-0.1, -0.05) is 0 Å². The Morgan fingerprint density at radius 1 is 1.27 bits per heavy atom. The number of sulfone groups is 1. The zero-order valence-electron chi connectivity index (χ0n) is 8.36. The van der Waals surface area contributed by atoms with Crippen LogP contribution in [0.1, 0.15) is 19.3 Å². The molecular formula is C9H14ClNO3S. The summed E-state index contributed by atoms with van der Waals surface area (Å²) in [6.45, 7) is 0. The Balaban J connectivity index is 2.09. The second-order valence-corrected chi connectivity index (χ2v) is 6.72. The second kappa shape index (κ2) is 3.94. The first kappa shape index (κ1) is 11.2. The van der Waals surface area contributed by atoms with Gasteiger partial charge in [-0.2, -0.15) is 0 Å². The van der Waals surface area contributed by atoms with Gasteiger partial charge in [0.05, 0.1) is 11.5 Å². The molecule has 1 unspecified atom stereocenters. The van der Waals surface area contributed by atoms with Gasteiger partial charge in [-0.15, -0.1) is 11.6 Å². The van der Waals surface area contributed by atoms with Crippen molar-refractivity contribution in [2.45, 2.75) is 31.3 Å². The lowest BCUT2D eigenvalue weighted by atomic mass is 10.2. The van der Waals surface area contributed by atoms with Crippen molar-refractivity contribution in [2.24, 2.45) is 0 Å². The minimum Gasteiger partial charge on any atom is -0.335 e. The monoisotopic (exact) mass is 251 g/mol. The molecule has 0 bridgehead atoms. The van der Waals surface area contributed by atoms with Gasteiger partial charge < -0.3 is 4.90 Å². The molecule has 2 rings (SSSR count). The maximum atomic E-state index is 11.6. The molecule has 2 fully saturated rings. The number of carbonyl (C=O) groups excluding carboxylic acids is 1. The number of alkyl halides is 1. The zero-order valence-corrected chi connectivity index (χ0v) is 9.93. The summed E-state index contributed by atoms with van der Waals surface area (Å²) in [5.74, 6) is 0.150. The van der Waals surface area contributed by atoms with Crippen LogP contribution in [-0.4, -0.2) is 48.7 Å². The van der Waals surface area contributed by atoms with E-state index in [1.807, 2.05) is 0 Å². The van der Waals surface area contributed by atoms with Crippen LogP contribution in [0, 0.1) is 0 Å². The molecule has 0 aromatic rings. The van der Waals surface area contributed by atoms with E-state index >= 15 is 0 Å². The molecule has 15 heavy (non-hydrogen) atoms. The molecule has 1 saturated carbocycles. The van der Waals surface area contributed by atoms with E-state index in [2.05, 4.69) is 0 Å². The molecule has 0 radical (unpaired) electrons. The Hall–Kier alpha value is -0.290. The fourth-order valence-corrected chi connectivity index (χ4v) is 3.97. The average molecular weight is 252 g/mol. The number of rotatable bonds is 3. The molecular weight excluding hydrogens is 238 g/mol. The first-order valence-electron chi connectivity index (χ1n) is 5.11. The molecule has 0 N–H and O–H groups in total. The third-order valence-corrected chi connectivity index (χ3v) is 4.92. The van der Waals surface area contributed by atoms with Crippen LogP contribution < -0.4 is 0 Å². The fourth-order valence-electron chi connectivity index (χ4n) is 2.12. The molecule has 1 saturated heterocycles. The first-order valence-corrected chi connectivity index (χ1v) is 7.46. The SMILES string of the molecule is O=C(CCl)N(C1CC1)C1CCS(=O)(=O)C1. The minimum atomic E-state index is -2.92. The molecule has 0 aromatic carbocycles. The van der Waals surface area contributed by atoms with E-state index in [-0.39, 0.29) is 35.4 Å². The predicted molar refractivity (Wildman–Crippen MR) is 57.6 cm³/mol. The standard InChI is InChI=1S/C9H14ClNO3S/c10-5-9(12)11(7-1-2-7)8-3-4-15(13,14)6-8/h7-8H,1-6H2. The van der Waals surface area contributed by atoms with Gasteiger partial charge in [0.15, 0.2) is 9.84 Å². The minimum absolute atomic E-state index is 0.0486. The highest BCUT2D eigenvalue weighted by Crippen LogP contribution is 2.32. The number of nitrogens with zero attached hydrogens (tertiary/aromatic N) is 1. The lowest BCUT2D eigenvalue weighted by Gasteiger charge is -2.27. The summed E-state index contributed by atoms with van der Waals surface area (Å²) < 4.78 is 22.7. The molecule has 1 atom stereocenters. The highest BCUT2D eigenvalue weighted by Gasteiger charge is 2.41. The Kier molecular flexibility index (Phi) is 2.94. The molecule has 86 valence electrons. The highest BCUT2D eigenvalue weighted by atomic mass is 35.5. The molecule has 1 amide bonds. The van der Waals surface area contributed by atoms with Gasteiger partial charge in [0, 0.05) is 12.1 Å². The summed E-state index contributed by atoms with van der Waals surface area (Å²) in [5.41, 5.74) is 0. The third kappa shape index (κ3) is 2.45. The van der Waals surface area contributed by atoms with Crippen molar-refractivity contribution in [2.75, 3.05) is 17.4 Å². The van der Waals surface area contributed by atoms with Crippen molar-refractivity contribution >= 4 is 27.3 Å². The van der Waals surface area contributed by atoms with E-state index in [1.54, 1.807) is 4.90 Å². The Labute approximate surface area is 94.5 Å². The summed E-state index contributed by atoms with van der Waals surface area (Å²) >= 11 is 5.53. The summed E-state index contributed by atoms with van der Waals surface area (Å²) in [4.78, 5) is 13.3. The maximum absolute atomic E-state index is 11.6. The first-order chi connectivity index (χ1) is 7.03. The summed E-state index contributed by atoms with van der Waals surface area (Å²) in [6.07, 6.45) is 2.54. The predicted octanol–water partition coefficient (Wildman–Crippen LogP) is 0.403. The van der Waals surface area contributed by atoms with Gasteiger partial charge in [0.1, 0.15) is 5.88 Å². The molecule has 1 aliphatic heterocycles. The van der Waals surface area contributed by atoms with Crippen LogP contribution in [-0.2, 0) is 14.6 Å². The van der Waals surface area contributed by atoms with E-state index in [4.69, 9.17) is 11.6 Å². The summed E-state index contributed by atoms with van der Waals surface area (Å²) in [6, 6.07) is 0.114. The summed E-state index contributed by atoms with van der Waals surface area (Å²) in [7, 11) is -2.92. The smallest absolute Gasteiger partial charge is 0.238 e. The number of hydrogen-bond acceptors (Lipinski definition) is 3. The van der Waals surface area contributed by atoms with Crippen LogP contribution in [0.2, 0.25) is 0 Å².